The van der Waals surface area contributed by atoms with Crippen LogP contribution < -0.4 is 10.6 Å². The van der Waals surface area contributed by atoms with Crippen LogP contribution in [-0.2, 0) is 23.9 Å². The molecule has 0 unspecified atom stereocenters. The fourth-order valence-electron chi connectivity index (χ4n) is 3.28. The molecule has 3 N–H and O–H groups in total. The van der Waals surface area contributed by atoms with Gasteiger partial charge in [0.05, 0.1) is 15.6 Å². The lowest BCUT2D eigenvalue weighted by Crippen LogP contribution is -2.28. The lowest BCUT2D eigenvalue weighted by Gasteiger charge is -2.16. The minimum atomic E-state index is -4.59. The third-order valence-corrected chi connectivity index (χ3v) is 5.50. The molecule has 0 heterocycles. The molecule has 2 amide bonds. The van der Waals surface area contributed by atoms with Gasteiger partial charge < -0.3 is 15.7 Å². The second-order valence-corrected chi connectivity index (χ2v) is 8.19. The van der Waals surface area contributed by atoms with E-state index in [1.807, 2.05) is 0 Å². The SMILES string of the molecule is O=C(O)CCc1ccc(CNC(=O)Nc2cc(Cl)c(-c3ccccc3C(F)(F)F)c(Cl)c2)cc1. The van der Waals surface area contributed by atoms with Gasteiger partial charge in [-0.15, -0.1) is 0 Å². The minimum Gasteiger partial charge on any atom is -0.481 e. The summed E-state index contributed by atoms with van der Waals surface area (Å²) in [6, 6.07) is 14.2. The zero-order valence-electron chi connectivity index (χ0n) is 17.5. The summed E-state index contributed by atoms with van der Waals surface area (Å²) < 4.78 is 40.2. The van der Waals surface area contributed by atoms with Crippen molar-refractivity contribution in [1.82, 2.24) is 5.32 Å². The molecule has 0 atom stereocenters. The van der Waals surface area contributed by atoms with Gasteiger partial charge in [0.15, 0.2) is 0 Å². The number of benzene rings is 3. The number of urea groups is 1. The Hall–Kier alpha value is -3.23. The summed E-state index contributed by atoms with van der Waals surface area (Å²) in [7, 11) is 0. The van der Waals surface area contributed by atoms with Crippen molar-refractivity contribution in [3.05, 3.63) is 87.4 Å². The Labute approximate surface area is 203 Å². The number of nitrogens with one attached hydrogen (secondary N) is 2. The van der Waals surface area contributed by atoms with Crippen LogP contribution in [0.5, 0.6) is 0 Å². The Morgan fingerprint density at radius 2 is 1.50 bits per heavy atom. The first-order valence-electron chi connectivity index (χ1n) is 10.0. The van der Waals surface area contributed by atoms with E-state index in [0.29, 0.717) is 6.42 Å². The van der Waals surface area contributed by atoms with Crippen LogP contribution in [0.4, 0.5) is 23.7 Å². The molecule has 34 heavy (non-hydrogen) atoms. The molecule has 0 saturated heterocycles. The predicted octanol–water partition coefficient (Wildman–Crippen LogP) is 7.02. The van der Waals surface area contributed by atoms with Gasteiger partial charge >= 0.3 is 18.2 Å². The first-order valence-corrected chi connectivity index (χ1v) is 10.8. The van der Waals surface area contributed by atoms with E-state index in [1.165, 1.54) is 30.3 Å². The van der Waals surface area contributed by atoms with Crippen LogP contribution in [-0.4, -0.2) is 17.1 Å². The molecule has 0 saturated carbocycles. The van der Waals surface area contributed by atoms with Crippen molar-refractivity contribution in [2.45, 2.75) is 25.6 Å². The largest absolute Gasteiger partial charge is 0.481 e. The summed E-state index contributed by atoms with van der Waals surface area (Å²) in [5, 5.41) is 13.8. The highest BCUT2D eigenvalue weighted by molar-refractivity contribution is 6.39. The second kappa shape index (κ2) is 10.8. The topological polar surface area (TPSA) is 78.4 Å². The molecule has 0 spiro atoms. The first-order chi connectivity index (χ1) is 16.0. The third-order valence-electron chi connectivity index (χ3n) is 4.91. The Balaban J connectivity index is 1.67. The molecule has 10 heteroatoms. The smallest absolute Gasteiger partial charge is 0.417 e. The maximum absolute atomic E-state index is 13.4. The van der Waals surface area contributed by atoms with E-state index in [1.54, 1.807) is 24.3 Å². The van der Waals surface area contributed by atoms with Gasteiger partial charge in [-0.2, -0.15) is 13.2 Å². The number of hydrogen-bond acceptors (Lipinski definition) is 2. The fourth-order valence-corrected chi connectivity index (χ4v) is 3.97. The molecule has 0 bridgehead atoms. The van der Waals surface area contributed by atoms with Gasteiger partial charge in [-0.25, -0.2) is 4.79 Å². The van der Waals surface area contributed by atoms with Crippen molar-refractivity contribution in [1.29, 1.82) is 0 Å². The van der Waals surface area contributed by atoms with Gasteiger partial charge in [0, 0.05) is 24.2 Å². The van der Waals surface area contributed by atoms with E-state index in [0.717, 1.165) is 17.2 Å². The molecular formula is C24H19Cl2F3N2O3. The molecule has 0 aromatic heterocycles. The van der Waals surface area contributed by atoms with Gasteiger partial charge in [-0.05, 0) is 41.3 Å². The molecule has 0 fully saturated rings. The van der Waals surface area contributed by atoms with Crippen LogP contribution in [0.2, 0.25) is 10.0 Å². The highest BCUT2D eigenvalue weighted by Crippen LogP contribution is 2.43. The van der Waals surface area contributed by atoms with E-state index >= 15 is 0 Å². The summed E-state index contributed by atoms with van der Waals surface area (Å²) in [6.07, 6.45) is -4.14. The molecule has 0 radical (unpaired) electrons. The Kier molecular flexibility index (Phi) is 8.06. The van der Waals surface area contributed by atoms with E-state index in [4.69, 9.17) is 28.3 Å². The van der Waals surface area contributed by atoms with Crippen molar-refractivity contribution in [2.75, 3.05) is 5.32 Å². The normalized spacial score (nSPS) is 11.2. The maximum atomic E-state index is 13.4. The lowest BCUT2D eigenvalue weighted by atomic mass is 9.99. The number of aliphatic carboxylic acids is 1. The van der Waals surface area contributed by atoms with Crippen LogP contribution in [0.25, 0.3) is 11.1 Å². The van der Waals surface area contributed by atoms with Crippen molar-refractivity contribution >= 4 is 40.9 Å². The number of aryl methyl sites for hydroxylation is 1. The van der Waals surface area contributed by atoms with Crippen LogP contribution in [0.15, 0.2) is 60.7 Å². The van der Waals surface area contributed by atoms with Gasteiger partial charge in [0.2, 0.25) is 0 Å². The van der Waals surface area contributed by atoms with E-state index in [9.17, 15) is 22.8 Å². The highest BCUT2D eigenvalue weighted by Gasteiger charge is 2.34. The fraction of sp³-hybridized carbons (Fsp3) is 0.167. The molecule has 5 nitrogen and oxygen atoms in total. The van der Waals surface area contributed by atoms with E-state index < -0.39 is 23.7 Å². The van der Waals surface area contributed by atoms with Gasteiger partial charge in [0.25, 0.3) is 0 Å². The minimum absolute atomic E-state index is 0.0187. The molecular weight excluding hydrogens is 492 g/mol. The lowest BCUT2D eigenvalue weighted by molar-refractivity contribution is -0.137. The number of halogens is 5. The molecule has 3 rings (SSSR count). The summed E-state index contributed by atoms with van der Waals surface area (Å²) in [4.78, 5) is 22.9. The molecule has 178 valence electrons. The molecule has 0 aliphatic heterocycles. The number of alkyl halides is 3. The van der Waals surface area contributed by atoms with Crippen molar-refractivity contribution in [2.24, 2.45) is 0 Å². The third kappa shape index (κ3) is 6.65. The summed E-state index contributed by atoms with van der Waals surface area (Å²) in [6.45, 7) is 0.198. The Morgan fingerprint density at radius 1 is 0.912 bits per heavy atom. The second-order valence-electron chi connectivity index (χ2n) is 7.38. The van der Waals surface area contributed by atoms with Gasteiger partial charge in [-0.1, -0.05) is 65.7 Å². The quantitative estimate of drug-likeness (QED) is 0.319. The molecule has 0 aliphatic carbocycles. The maximum Gasteiger partial charge on any atom is 0.417 e. The van der Waals surface area contributed by atoms with Crippen LogP contribution in [0, 0.1) is 0 Å². The van der Waals surface area contributed by atoms with Crippen molar-refractivity contribution < 1.29 is 27.9 Å². The first kappa shape index (κ1) is 25.4. The summed E-state index contributed by atoms with van der Waals surface area (Å²) >= 11 is 12.5. The molecule has 3 aromatic carbocycles. The highest BCUT2D eigenvalue weighted by atomic mass is 35.5. The average molecular weight is 511 g/mol. The average Bonchev–Trinajstić information content (AvgIpc) is 2.76. The number of carbonyl (C=O) groups is 2. The Morgan fingerprint density at radius 3 is 2.09 bits per heavy atom. The zero-order valence-corrected chi connectivity index (χ0v) is 19.1. The number of rotatable bonds is 7. The predicted molar refractivity (Wildman–Crippen MR) is 125 cm³/mol. The van der Waals surface area contributed by atoms with Crippen LogP contribution in [0.3, 0.4) is 0 Å². The summed E-state index contributed by atoms with van der Waals surface area (Å²) in [5.41, 5.74) is 0.866. The number of amides is 2. The number of carbonyl (C=O) groups excluding carboxylic acids is 1. The number of carboxylic acids is 1. The van der Waals surface area contributed by atoms with Crippen LogP contribution >= 0.6 is 23.2 Å². The van der Waals surface area contributed by atoms with Crippen LogP contribution in [0.1, 0.15) is 23.1 Å². The number of carboxylic acid groups (broad SMARTS) is 1. The zero-order chi connectivity index (χ0) is 24.9. The number of anilines is 1. The van der Waals surface area contributed by atoms with Gasteiger partial charge in [-0.3, -0.25) is 4.79 Å². The van der Waals surface area contributed by atoms with Crippen molar-refractivity contribution in [3.8, 4) is 11.1 Å². The summed E-state index contributed by atoms with van der Waals surface area (Å²) in [5.74, 6) is -0.875. The number of hydrogen-bond donors (Lipinski definition) is 3. The Bertz CT molecular complexity index is 1180. The van der Waals surface area contributed by atoms with Gasteiger partial charge in [0.1, 0.15) is 0 Å². The molecule has 3 aromatic rings. The van der Waals surface area contributed by atoms with Crippen molar-refractivity contribution in [3.63, 3.8) is 0 Å². The van der Waals surface area contributed by atoms with E-state index in [-0.39, 0.29) is 39.8 Å². The standard InChI is InChI=1S/C24H19Cl2F3N2O3/c25-19-11-16(12-20(26)22(19)17-3-1-2-4-18(17)24(27,28)29)31-23(34)30-13-15-7-5-14(6-8-15)9-10-21(32)33/h1-8,11-12H,9-10,13H2,(H,32,33)(H2,30,31,34). The molecule has 0 aliphatic rings. The van der Waals surface area contributed by atoms with E-state index in [2.05, 4.69) is 10.6 Å². The monoisotopic (exact) mass is 510 g/mol.